The van der Waals surface area contributed by atoms with Crippen LogP contribution >= 0.6 is 0 Å². The summed E-state index contributed by atoms with van der Waals surface area (Å²) in [5.41, 5.74) is 0. The Morgan fingerprint density at radius 2 is 0.840 bits per heavy atom. The van der Waals surface area contributed by atoms with Crippen LogP contribution in [0.3, 0.4) is 0 Å². The number of nitrogens with one attached hydrogen (secondary N) is 1. The molecule has 1 N–H and O–H groups in total. The van der Waals surface area contributed by atoms with Crippen molar-refractivity contribution < 1.29 is 0 Å². The number of unbranched alkanes of at least 4 members (excludes halogenated alkanes) is 15. The third-order valence-electron chi connectivity index (χ3n) is 5.34. The van der Waals surface area contributed by atoms with E-state index in [0.717, 1.165) is 5.92 Å². The van der Waals surface area contributed by atoms with E-state index in [1.807, 2.05) is 0 Å². The SMILES string of the molecule is CCCCCCCCCCCCNCCCCCCCCCC(C)C. The second-order valence-electron chi connectivity index (χ2n) is 8.59. The van der Waals surface area contributed by atoms with Gasteiger partial charge in [-0.15, -0.1) is 0 Å². The standard InChI is InChI=1S/C24H51N/c1-4-5-6-7-8-9-10-13-16-19-22-25-23-20-17-14-11-12-15-18-21-24(2)3/h24-25H,4-23H2,1-3H3. The van der Waals surface area contributed by atoms with Crippen molar-refractivity contribution in [3.05, 3.63) is 0 Å². The summed E-state index contributed by atoms with van der Waals surface area (Å²) in [6.45, 7) is 9.45. The average Bonchev–Trinajstić information content (AvgIpc) is 2.60. The quantitative estimate of drug-likeness (QED) is 0.205. The van der Waals surface area contributed by atoms with E-state index in [1.54, 1.807) is 0 Å². The van der Waals surface area contributed by atoms with Gasteiger partial charge in [0.15, 0.2) is 0 Å². The summed E-state index contributed by atoms with van der Waals surface area (Å²) in [5, 5.41) is 3.63. The summed E-state index contributed by atoms with van der Waals surface area (Å²) < 4.78 is 0. The second-order valence-corrected chi connectivity index (χ2v) is 8.59. The zero-order valence-corrected chi connectivity index (χ0v) is 18.2. The molecule has 0 rings (SSSR count). The van der Waals surface area contributed by atoms with Crippen molar-refractivity contribution in [1.29, 1.82) is 0 Å². The van der Waals surface area contributed by atoms with Gasteiger partial charge in [0, 0.05) is 0 Å². The van der Waals surface area contributed by atoms with Crippen LogP contribution in [0.25, 0.3) is 0 Å². The fourth-order valence-electron chi connectivity index (χ4n) is 3.55. The maximum Gasteiger partial charge on any atom is -0.00489 e. The van der Waals surface area contributed by atoms with E-state index < -0.39 is 0 Å². The van der Waals surface area contributed by atoms with Crippen LogP contribution < -0.4 is 5.32 Å². The van der Waals surface area contributed by atoms with Crippen LogP contribution in [0.2, 0.25) is 0 Å². The van der Waals surface area contributed by atoms with Crippen LogP contribution in [0.5, 0.6) is 0 Å². The smallest absolute Gasteiger partial charge is 0.00489 e. The topological polar surface area (TPSA) is 12.0 Å². The Morgan fingerprint density at radius 3 is 1.24 bits per heavy atom. The average molecular weight is 354 g/mol. The molecule has 0 saturated heterocycles. The zero-order valence-electron chi connectivity index (χ0n) is 18.2. The van der Waals surface area contributed by atoms with E-state index in [2.05, 4.69) is 26.1 Å². The monoisotopic (exact) mass is 353 g/mol. The summed E-state index contributed by atoms with van der Waals surface area (Å²) in [5.74, 6) is 0.890. The second kappa shape index (κ2) is 22.0. The molecule has 0 radical (unpaired) electrons. The van der Waals surface area contributed by atoms with Crippen molar-refractivity contribution in [3.8, 4) is 0 Å². The van der Waals surface area contributed by atoms with Crippen LogP contribution in [-0.2, 0) is 0 Å². The van der Waals surface area contributed by atoms with E-state index >= 15 is 0 Å². The molecule has 0 heterocycles. The highest BCUT2D eigenvalue weighted by atomic mass is 14.8. The number of hydrogen-bond donors (Lipinski definition) is 1. The van der Waals surface area contributed by atoms with Crippen molar-refractivity contribution >= 4 is 0 Å². The maximum absolute atomic E-state index is 3.63. The van der Waals surface area contributed by atoms with Crippen molar-refractivity contribution in [2.45, 2.75) is 136 Å². The lowest BCUT2D eigenvalue weighted by molar-refractivity contribution is 0.503. The molecule has 0 saturated carbocycles. The molecule has 1 heteroatoms. The Hall–Kier alpha value is -0.0400. The van der Waals surface area contributed by atoms with E-state index in [0.29, 0.717) is 0 Å². The summed E-state index contributed by atoms with van der Waals surface area (Å²) in [7, 11) is 0. The van der Waals surface area contributed by atoms with Crippen molar-refractivity contribution in [2.24, 2.45) is 5.92 Å². The molecule has 25 heavy (non-hydrogen) atoms. The lowest BCUT2D eigenvalue weighted by Crippen LogP contribution is -2.16. The summed E-state index contributed by atoms with van der Waals surface area (Å²) >= 11 is 0. The van der Waals surface area contributed by atoms with E-state index in [1.165, 1.54) is 129 Å². The van der Waals surface area contributed by atoms with Crippen molar-refractivity contribution in [2.75, 3.05) is 13.1 Å². The molecular formula is C24H51N. The Labute approximate surface area is 161 Å². The van der Waals surface area contributed by atoms with Gasteiger partial charge >= 0.3 is 0 Å². The molecular weight excluding hydrogens is 302 g/mol. The highest BCUT2D eigenvalue weighted by Crippen LogP contribution is 2.12. The highest BCUT2D eigenvalue weighted by Gasteiger charge is 1.96. The highest BCUT2D eigenvalue weighted by molar-refractivity contribution is 4.53. The minimum atomic E-state index is 0.890. The summed E-state index contributed by atoms with van der Waals surface area (Å²) in [4.78, 5) is 0. The first-order valence-electron chi connectivity index (χ1n) is 12.0. The third kappa shape index (κ3) is 24.0. The van der Waals surface area contributed by atoms with Gasteiger partial charge in [0.1, 0.15) is 0 Å². The third-order valence-corrected chi connectivity index (χ3v) is 5.34. The summed E-state index contributed by atoms with van der Waals surface area (Å²) in [6, 6.07) is 0. The maximum atomic E-state index is 3.63. The number of hydrogen-bond acceptors (Lipinski definition) is 1. The molecule has 152 valence electrons. The van der Waals surface area contributed by atoms with Crippen molar-refractivity contribution in [3.63, 3.8) is 0 Å². The predicted molar refractivity (Wildman–Crippen MR) is 116 cm³/mol. The van der Waals surface area contributed by atoms with Crippen LogP contribution in [-0.4, -0.2) is 13.1 Å². The Morgan fingerprint density at radius 1 is 0.480 bits per heavy atom. The molecule has 0 atom stereocenters. The zero-order chi connectivity index (χ0) is 18.4. The van der Waals surface area contributed by atoms with Gasteiger partial charge < -0.3 is 5.32 Å². The Balaban J connectivity index is 2.96. The molecule has 0 unspecified atom stereocenters. The van der Waals surface area contributed by atoms with Gasteiger partial charge in [-0.3, -0.25) is 0 Å². The van der Waals surface area contributed by atoms with Crippen LogP contribution in [0.4, 0.5) is 0 Å². The lowest BCUT2D eigenvalue weighted by atomic mass is 10.0. The molecule has 0 aromatic carbocycles. The first-order valence-corrected chi connectivity index (χ1v) is 12.0. The molecule has 0 bridgehead atoms. The summed E-state index contributed by atoms with van der Waals surface area (Å²) in [6.07, 6.45) is 25.9. The van der Waals surface area contributed by atoms with Gasteiger partial charge in [-0.25, -0.2) is 0 Å². The molecule has 0 spiro atoms. The largest absolute Gasteiger partial charge is 0.317 e. The molecule has 0 aromatic rings. The lowest BCUT2D eigenvalue weighted by Gasteiger charge is -2.06. The first-order chi connectivity index (χ1) is 12.3. The first kappa shape index (κ1) is 25.0. The molecule has 0 aliphatic heterocycles. The van der Waals surface area contributed by atoms with Gasteiger partial charge in [0.25, 0.3) is 0 Å². The van der Waals surface area contributed by atoms with E-state index in [-0.39, 0.29) is 0 Å². The van der Waals surface area contributed by atoms with Crippen LogP contribution in [0.1, 0.15) is 136 Å². The van der Waals surface area contributed by atoms with Gasteiger partial charge in [-0.2, -0.15) is 0 Å². The van der Waals surface area contributed by atoms with E-state index in [9.17, 15) is 0 Å². The van der Waals surface area contributed by atoms with Gasteiger partial charge in [-0.1, -0.05) is 124 Å². The molecule has 0 aliphatic carbocycles. The van der Waals surface area contributed by atoms with Crippen LogP contribution in [0, 0.1) is 5.92 Å². The van der Waals surface area contributed by atoms with E-state index in [4.69, 9.17) is 0 Å². The van der Waals surface area contributed by atoms with Crippen molar-refractivity contribution in [1.82, 2.24) is 5.32 Å². The fraction of sp³-hybridized carbons (Fsp3) is 1.00. The predicted octanol–water partition coefficient (Wildman–Crippen LogP) is 8.27. The molecule has 0 amide bonds. The van der Waals surface area contributed by atoms with Crippen LogP contribution in [0.15, 0.2) is 0 Å². The molecule has 0 fully saturated rings. The number of rotatable bonds is 21. The Kier molecular flexibility index (Phi) is 22.0. The Bertz CT molecular complexity index is 224. The molecule has 1 nitrogen and oxygen atoms in total. The molecule has 0 aliphatic rings. The minimum Gasteiger partial charge on any atom is -0.317 e. The van der Waals surface area contributed by atoms with Gasteiger partial charge in [-0.05, 0) is 31.8 Å². The van der Waals surface area contributed by atoms with Gasteiger partial charge in [0.05, 0.1) is 0 Å². The molecule has 0 aromatic heterocycles. The van der Waals surface area contributed by atoms with Gasteiger partial charge in [0.2, 0.25) is 0 Å². The normalized spacial score (nSPS) is 11.5. The minimum absolute atomic E-state index is 0.890. The fourth-order valence-corrected chi connectivity index (χ4v) is 3.55.